The Labute approximate surface area is 138 Å². The maximum Gasteiger partial charge on any atom is 0.325 e. The number of ketones is 1. The Kier molecular flexibility index (Phi) is 5.91. The highest BCUT2D eigenvalue weighted by Crippen LogP contribution is 2.48. The standard InChI is InChI=1S/C16H27NO4S/c1-4-7-11(3)13(18)14-16(22)9-6-8-12(17(16)21-14)15(19)20-10-5-2/h11-12,14,22H,4-10H2,1-3H3. The van der Waals surface area contributed by atoms with E-state index in [0.717, 1.165) is 32.1 Å². The van der Waals surface area contributed by atoms with E-state index in [9.17, 15) is 9.59 Å². The number of hydrogen-bond acceptors (Lipinski definition) is 6. The van der Waals surface area contributed by atoms with Gasteiger partial charge < -0.3 is 4.74 Å². The summed E-state index contributed by atoms with van der Waals surface area (Å²) in [6.45, 7) is 6.37. The second-order valence-electron chi connectivity index (χ2n) is 6.36. The van der Waals surface area contributed by atoms with Crippen LogP contribution in [0.3, 0.4) is 0 Å². The van der Waals surface area contributed by atoms with Gasteiger partial charge in [0.25, 0.3) is 0 Å². The first-order valence-electron chi connectivity index (χ1n) is 8.34. The summed E-state index contributed by atoms with van der Waals surface area (Å²) in [6, 6.07) is -0.441. The van der Waals surface area contributed by atoms with Gasteiger partial charge in [0, 0.05) is 5.92 Å². The number of nitrogens with zero attached hydrogens (tertiary/aromatic N) is 1. The van der Waals surface area contributed by atoms with Gasteiger partial charge in [-0.05, 0) is 32.1 Å². The monoisotopic (exact) mass is 329 g/mol. The molecule has 0 spiro atoms. The van der Waals surface area contributed by atoms with Crippen molar-refractivity contribution in [3.05, 3.63) is 0 Å². The first kappa shape index (κ1) is 17.8. The van der Waals surface area contributed by atoms with Crippen molar-refractivity contribution in [1.82, 2.24) is 5.06 Å². The average Bonchev–Trinajstić information content (AvgIpc) is 2.48. The number of rotatable bonds is 7. The Morgan fingerprint density at radius 1 is 1.41 bits per heavy atom. The lowest BCUT2D eigenvalue weighted by molar-refractivity contribution is -0.364. The van der Waals surface area contributed by atoms with Crippen LogP contribution in [-0.2, 0) is 19.2 Å². The maximum atomic E-state index is 12.5. The Morgan fingerprint density at radius 3 is 2.77 bits per heavy atom. The molecule has 2 fully saturated rings. The fourth-order valence-electron chi connectivity index (χ4n) is 3.24. The molecule has 4 atom stereocenters. The summed E-state index contributed by atoms with van der Waals surface area (Å²) >= 11 is 4.71. The quantitative estimate of drug-likeness (QED) is 0.575. The normalized spacial score (nSPS) is 32.7. The molecule has 2 saturated heterocycles. The number of carbonyl (C=O) groups excluding carboxylic acids is 2. The van der Waals surface area contributed by atoms with E-state index in [1.807, 2.05) is 13.8 Å². The molecule has 4 unspecified atom stereocenters. The molecule has 6 heteroatoms. The van der Waals surface area contributed by atoms with Crippen LogP contribution < -0.4 is 0 Å². The van der Waals surface area contributed by atoms with E-state index in [-0.39, 0.29) is 17.7 Å². The Balaban J connectivity index is 2.02. The van der Waals surface area contributed by atoms with Crippen LogP contribution in [0.5, 0.6) is 0 Å². The zero-order valence-corrected chi connectivity index (χ0v) is 14.6. The molecule has 0 radical (unpaired) electrons. The summed E-state index contributed by atoms with van der Waals surface area (Å²) in [5.41, 5.74) is 0. The predicted octanol–water partition coefficient (Wildman–Crippen LogP) is 2.74. The van der Waals surface area contributed by atoms with Gasteiger partial charge in [-0.1, -0.05) is 27.2 Å². The van der Waals surface area contributed by atoms with Crippen molar-refractivity contribution in [2.45, 2.75) is 76.3 Å². The molecule has 5 nitrogen and oxygen atoms in total. The number of ether oxygens (including phenoxy) is 1. The summed E-state index contributed by atoms with van der Waals surface area (Å²) < 4.78 is 5.23. The molecular formula is C16H27NO4S. The first-order valence-corrected chi connectivity index (χ1v) is 8.79. The fraction of sp³-hybridized carbons (Fsp3) is 0.875. The zero-order valence-electron chi connectivity index (χ0n) is 13.7. The molecule has 0 saturated carbocycles. The Morgan fingerprint density at radius 2 is 2.14 bits per heavy atom. The topological polar surface area (TPSA) is 55.8 Å². The molecular weight excluding hydrogens is 302 g/mol. The summed E-state index contributed by atoms with van der Waals surface area (Å²) in [6.07, 6.45) is 4.36. The summed E-state index contributed by atoms with van der Waals surface area (Å²) in [5, 5.41) is 1.60. The third-order valence-electron chi connectivity index (χ3n) is 4.51. The molecule has 2 aliphatic heterocycles. The number of piperidine rings is 1. The number of hydroxylamine groups is 2. The molecule has 0 aliphatic carbocycles. The van der Waals surface area contributed by atoms with E-state index in [0.29, 0.717) is 13.0 Å². The summed E-state index contributed by atoms with van der Waals surface area (Å²) in [7, 11) is 0. The molecule has 0 aromatic heterocycles. The summed E-state index contributed by atoms with van der Waals surface area (Å²) in [5.74, 6) is -0.211. The number of esters is 1. The minimum absolute atomic E-state index is 0.0337. The number of hydrogen-bond donors (Lipinski definition) is 1. The van der Waals surface area contributed by atoms with Gasteiger partial charge in [-0.25, -0.2) is 0 Å². The fourth-order valence-corrected chi connectivity index (χ4v) is 3.76. The molecule has 2 aliphatic rings. The smallest absolute Gasteiger partial charge is 0.325 e. The van der Waals surface area contributed by atoms with E-state index in [2.05, 4.69) is 6.92 Å². The van der Waals surface area contributed by atoms with Crippen molar-refractivity contribution >= 4 is 24.4 Å². The van der Waals surface area contributed by atoms with Crippen molar-refractivity contribution in [3.8, 4) is 0 Å². The lowest BCUT2D eigenvalue weighted by atomic mass is 9.85. The van der Waals surface area contributed by atoms with E-state index in [1.54, 1.807) is 5.06 Å². The predicted molar refractivity (Wildman–Crippen MR) is 86.4 cm³/mol. The van der Waals surface area contributed by atoms with Gasteiger partial charge >= 0.3 is 5.97 Å². The van der Waals surface area contributed by atoms with Crippen LogP contribution in [0.1, 0.15) is 59.3 Å². The van der Waals surface area contributed by atoms with Gasteiger partial charge in [0.2, 0.25) is 0 Å². The summed E-state index contributed by atoms with van der Waals surface area (Å²) in [4.78, 5) is 29.7. The maximum absolute atomic E-state index is 12.5. The van der Waals surface area contributed by atoms with Crippen molar-refractivity contribution in [2.75, 3.05) is 6.61 Å². The minimum atomic E-state index is -0.659. The lowest BCUT2D eigenvalue weighted by Crippen LogP contribution is -2.74. The first-order chi connectivity index (χ1) is 10.5. The number of fused-ring (bicyclic) bond motifs is 1. The van der Waals surface area contributed by atoms with Crippen LogP contribution in [0.2, 0.25) is 0 Å². The van der Waals surface area contributed by atoms with Crippen molar-refractivity contribution in [2.24, 2.45) is 5.92 Å². The SMILES string of the molecule is CCCOC(=O)C1CCCC2(S)C(C(=O)C(C)CCC)ON12. The van der Waals surface area contributed by atoms with Crippen LogP contribution in [0, 0.1) is 5.92 Å². The Hall–Kier alpha value is -0.590. The third-order valence-corrected chi connectivity index (χ3v) is 5.17. The van der Waals surface area contributed by atoms with Gasteiger partial charge in [0.15, 0.2) is 11.9 Å². The molecule has 0 amide bonds. The lowest BCUT2D eigenvalue weighted by Gasteiger charge is -2.58. The Bertz CT molecular complexity index is 430. The van der Waals surface area contributed by atoms with E-state index >= 15 is 0 Å². The molecule has 22 heavy (non-hydrogen) atoms. The average molecular weight is 329 g/mol. The highest BCUT2D eigenvalue weighted by atomic mass is 32.1. The van der Waals surface area contributed by atoms with Gasteiger partial charge in [-0.3, -0.25) is 14.4 Å². The zero-order chi connectivity index (χ0) is 16.3. The van der Waals surface area contributed by atoms with Crippen LogP contribution in [0.15, 0.2) is 0 Å². The molecule has 0 aromatic rings. The highest BCUT2D eigenvalue weighted by Gasteiger charge is 2.62. The third kappa shape index (κ3) is 3.19. The van der Waals surface area contributed by atoms with Gasteiger partial charge in [0.1, 0.15) is 10.9 Å². The second-order valence-corrected chi connectivity index (χ2v) is 7.13. The number of carbonyl (C=O) groups is 2. The van der Waals surface area contributed by atoms with Crippen LogP contribution in [-0.4, -0.2) is 40.4 Å². The van der Waals surface area contributed by atoms with Crippen LogP contribution >= 0.6 is 12.6 Å². The van der Waals surface area contributed by atoms with Crippen LogP contribution in [0.25, 0.3) is 0 Å². The van der Waals surface area contributed by atoms with Gasteiger partial charge in [-0.2, -0.15) is 17.7 Å². The van der Waals surface area contributed by atoms with E-state index in [1.165, 1.54) is 0 Å². The van der Waals surface area contributed by atoms with Gasteiger partial charge in [-0.15, -0.1) is 0 Å². The molecule has 2 heterocycles. The largest absolute Gasteiger partial charge is 0.464 e. The molecule has 0 bridgehead atoms. The number of thiol groups is 1. The second kappa shape index (κ2) is 7.32. The molecule has 0 N–H and O–H groups in total. The van der Waals surface area contributed by atoms with Crippen molar-refractivity contribution in [1.29, 1.82) is 0 Å². The van der Waals surface area contributed by atoms with Crippen molar-refractivity contribution in [3.63, 3.8) is 0 Å². The number of Topliss-reactive ketones (excluding diaryl/α,β-unsaturated/α-hetero) is 1. The van der Waals surface area contributed by atoms with Crippen LogP contribution in [0.4, 0.5) is 0 Å². The minimum Gasteiger partial charge on any atom is -0.464 e. The molecule has 0 aromatic carbocycles. The van der Waals surface area contributed by atoms with E-state index < -0.39 is 17.0 Å². The highest BCUT2D eigenvalue weighted by molar-refractivity contribution is 7.81. The van der Waals surface area contributed by atoms with E-state index in [4.69, 9.17) is 22.2 Å². The van der Waals surface area contributed by atoms with Crippen molar-refractivity contribution < 1.29 is 19.2 Å². The molecule has 126 valence electrons. The molecule has 2 rings (SSSR count). The van der Waals surface area contributed by atoms with Gasteiger partial charge in [0.05, 0.1) is 6.61 Å².